The fraction of sp³-hybridized carbons (Fsp3) is 0.545. The SMILES string of the molecule is CN1CCCCN(Cc2cn(C)cn2)Cc2cccc(c2)OCC2(CC2)C1=O. The van der Waals surface area contributed by atoms with Gasteiger partial charge in [0.25, 0.3) is 0 Å². The molecule has 0 radical (unpaired) electrons. The monoisotopic (exact) mass is 382 g/mol. The highest BCUT2D eigenvalue weighted by atomic mass is 16.5. The standard InChI is InChI=1S/C22H30N4O2/c1-24-14-19(23-17-24)15-26-11-4-3-10-25(2)21(27)22(8-9-22)16-28-20-7-5-6-18(12-20)13-26/h5-7,12,14,17H,3-4,8-11,13,15-16H2,1-2H3. The molecule has 2 aromatic rings. The third-order valence-corrected chi connectivity index (χ3v) is 5.84. The van der Waals surface area contributed by atoms with Gasteiger partial charge in [-0.15, -0.1) is 0 Å². The van der Waals surface area contributed by atoms with Crippen molar-refractivity contribution in [2.24, 2.45) is 12.5 Å². The van der Waals surface area contributed by atoms with Crippen molar-refractivity contribution in [2.75, 3.05) is 26.7 Å². The van der Waals surface area contributed by atoms with Crippen LogP contribution in [-0.4, -0.2) is 52.0 Å². The van der Waals surface area contributed by atoms with Crippen LogP contribution in [0.5, 0.6) is 5.75 Å². The summed E-state index contributed by atoms with van der Waals surface area (Å²) in [6, 6.07) is 8.29. The van der Waals surface area contributed by atoms with Gasteiger partial charge in [-0.05, 0) is 49.9 Å². The van der Waals surface area contributed by atoms with Crippen molar-refractivity contribution < 1.29 is 9.53 Å². The highest BCUT2D eigenvalue weighted by Crippen LogP contribution is 2.47. The third kappa shape index (κ3) is 4.38. The summed E-state index contributed by atoms with van der Waals surface area (Å²) in [4.78, 5) is 21.7. The normalized spacial score (nSPS) is 20.6. The lowest BCUT2D eigenvalue weighted by atomic mass is 10.1. The zero-order chi connectivity index (χ0) is 19.6. The van der Waals surface area contributed by atoms with Crippen molar-refractivity contribution in [2.45, 2.75) is 38.8 Å². The molecule has 0 unspecified atom stereocenters. The van der Waals surface area contributed by atoms with Gasteiger partial charge in [-0.2, -0.15) is 0 Å². The average Bonchev–Trinajstić information content (AvgIpc) is 3.37. The average molecular weight is 383 g/mol. The summed E-state index contributed by atoms with van der Waals surface area (Å²) < 4.78 is 8.05. The predicted octanol–water partition coefficient (Wildman–Crippen LogP) is 2.83. The number of imidazole rings is 1. The van der Waals surface area contributed by atoms with Gasteiger partial charge in [-0.1, -0.05) is 12.1 Å². The van der Waals surface area contributed by atoms with Crippen molar-refractivity contribution in [3.05, 3.63) is 48.0 Å². The second-order valence-electron chi connectivity index (χ2n) is 8.39. The van der Waals surface area contributed by atoms with Crippen LogP contribution in [0.1, 0.15) is 36.9 Å². The van der Waals surface area contributed by atoms with Gasteiger partial charge in [0.2, 0.25) is 5.91 Å². The molecule has 0 saturated heterocycles. The zero-order valence-electron chi connectivity index (χ0n) is 16.9. The fourth-order valence-corrected chi connectivity index (χ4v) is 3.97. The van der Waals surface area contributed by atoms with E-state index in [1.165, 1.54) is 5.56 Å². The largest absolute Gasteiger partial charge is 0.492 e. The Morgan fingerprint density at radius 3 is 2.75 bits per heavy atom. The maximum Gasteiger partial charge on any atom is 0.231 e. The molecule has 1 spiro atoms. The third-order valence-electron chi connectivity index (χ3n) is 5.84. The Balaban J connectivity index is 1.52. The second-order valence-corrected chi connectivity index (χ2v) is 8.39. The van der Waals surface area contributed by atoms with Crippen molar-refractivity contribution in [3.8, 4) is 5.75 Å². The molecule has 2 aliphatic rings. The Kier molecular flexibility index (Phi) is 5.40. The van der Waals surface area contributed by atoms with Gasteiger partial charge in [0.1, 0.15) is 12.4 Å². The summed E-state index contributed by atoms with van der Waals surface area (Å²) in [5, 5.41) is 0. The van der Waals surface area contributed by atoms with E-state index in [9.17, 15) is 4.79 Å². The van der Waals surface area contributed by atoms with E-state index < -0.39 is 0 Å². The van der Waals surface area contributed by atoms with E-state index in [4.69, 9.17) is 4.74 Å². The molecule has 2 heterocycles. The Morgan fingerprint density at radius 1 is 1.18 bits per heavy atom. The van der Waals surface area contributed by atoms with Crippen LogP contribution < -0.4 is 4.74 Å². The van der Waals surface area contributed by atoms with E-state index in [2.05, 4.69) is 28.2 Å². The number of hydrogen-bond acceptors (Lipinski definition) is 4. The lowest BCUT2D eigenvalue weighted by Crippen LogP contribution is -2.38. The molecule has 6 heteroatoms. The minimum Gasteiger partial charge on any atom is -0.492 e. The van der Waals surface area contributed by atoms with Gasteiger partial charge < -0.3 is 14.2 Å². The molecule has 0 atom stereocenters. The first kappa shape index (κ1) is 19.0. The maximum atomic E-state index is 12.9. The first-order valence-corrected chi connectivity index (χ1v) is 10.2. The predicted molar refractivity (Wildman–Crippen MR) is 108 cm³/mol. The summed E-state index contributed by atoms with van der Waals surface area (Å²) in [5.74, 6) is 1.10. The fourth-order valence-electron chi connectivity index (χ4n) is 3.97. The molecule has 6 nitrogen and oxygen atoms in total. The van der Waals surface area contributed by atoms with E-state index in [1.54, 1.807) is 0 Å². The van der Waals surface area contributed by atoms with Gasteiger partial charge in [0.05, 0.1) is 17.4 Å². The molecule has 1 aliphatic carbocycles. The van der Waals surface area contributed by atoms with Crippen LogP contribution in [0.4, 0.5) is 0 Å². The van der Waals surface area contributed by atoms with Gasteiger partial charge >= 0.3 is 0 Å². The summed E-state index contributed by atoms with van der Waals surface area (Å²) in [7, 11) is 3.93. The molecule has 1 saturated carbocycles. The summed E-state index contributed by atoms with van der Waals surface area (Å²) in [6.45, 7) is 3.97. The molecule has 0 N–H and O–H groups in total. The number of carbonyl (C=O) groups excluding carboxylic acids is 1. The number of aromatic nitrogens is 2. The molecule has 1 aromatic heterocycles. The Hall–Kier alpha value is -2.34. The number of amides is 1. The number of ether oxygens (including phenoxy) is 1. The first-order chi connectivity index (χ1) is 13.5. The van der Waals surface area contributed by atoms with Crippen LogP contribution in [-0.2, 0) is 24.9 Å². The highest BCUT2D eigenvalue weighted by molar-refractivity contribution is 5.85. The second kappa shape index (κ2) is 7.95. The molecule has 1 fully saturated rings. The van der Waals surface area contributed by atoms with Gasteiger partial charge in [0, 0.05) is 39.9 Å². The van der Waals surface area contributed by atoms with E-state index in [0.717, 1.165) is 63.3 Å². The van der Waals surface area contributed by atoms with Crippen LogP contribution in [0.25, 0.3) is 0 Å². The first-order valence-electron chi connectivity index (χ1n) is 10.2. The van der Waals surface area contributed by atoms with Crippen molar-refractivity contribution in [1.82, 2.24) is 19.4 Å². The minimum atomic E-state index is -0.292. The van der Waals surface area contributed by atoms with Gasteiger partial charge in [0.15, 0.2) is 0 Å². The molecule has 28 heavy (non-hydrogen) atoms. The molecule has 4 rings (SSSR count). The van der Waals surface area contributed by atoms with Crippen LogP contribution in [0.3, 0.4) is 0 Å². The molecule has 1 amide bonds. The van der Waals surface area contributed by atoms with Crippen LogP contribution in [0, 0.1) is 5.41 Å². The highest BCUT2D eigenvalue weighted by Gasteiger charge is 2.52. The van der Waals surface area contributed by atoms with Crippen LogP contribution in [0.2, 0.25) is 0 Å². The summed E-state index contributed by atoms with van der Waals surface area (Å²) in [5.41, 5.74) is 2.03. The number of benzene rings is 1. The quantitative estimate of drug-likeness (QED) is 0.801. The number of rotatable bonds is 2. The van der Waals surface area contributed by atoms with E-state index in [-0.39, 0.29) is 11.3 Å². The van der Waals surface area contributed by atoms with E-state index >= 15 is 0 Å². The molecule has 150 valence electrons. The molecule has 2 bridgehead atoms. The number of aryl methyl sites for hydroxylation is 1. The summed E-state index contributed by atoms with van der Waals surface area (Å²) >= 11 is 0. The van der Waals surface area contributed by atoms with Gasteiger partial charge in [-0.25, -0.2) is 4.98 Å². The number of hydrogen-bond donors (Lipinski definition) is 0. The lowest BCUT2D eigenvalue weighted by molar-refractivity contribution is -0.136. The zero-order valence-corrected chi connectivity index (χ0v) is 16.9. The van der Waals surface area contributed by atoms with E-state index in [1.807, 2.05) is 42.0 Å². The minimum absolute atomic E-state index is 0.242. The Labute approximate surface area is 167 Å². The van der Waals surface area contributed by atoms with Crippen LogP contribution >= 0.6 is 0 Å². The summed E-state index contributed by atoms with van der Waals surface area (Å²) in [6.07, 6.45) is 7.88. The van der Waals surface area contributed by atoms with E-state index in [0.29, 0.717) is 6.61 Å². The Morgan fingerprint density at radius 2 is 2.00 bits per heavy atom. The van der Waals surface area contributed by atoms with Crippen molar-refractivity contribution in [1.29, 1.82) is 0 Å². The molecular formula is C22H30N4O2. The van der Waals surface area contributed by atoms with Crippen molar-refractivity contribution >= 4 is 5.91 Å². The number of fused-ring (bicyclic) bond motifs is 2. The molecule has 1 aromatic carbocycles. The van der Waals surface area contributed by atoms with Gasteiger partial charge in [-0.3, -0.25) is 9.69 Å². The molecule has 1 aliphatic heterocycles. The van der Waals surface area contributed by atoms with Crippen molar-refractivity contribution in [3.63, 3.8) is 0 Å². The van der Waals surface area contributed by atoms with Crippen LogP contribution in [0.15, 0.2) is 36.8 Å². The lowest BCUT2D eigenvalue weighted by Gasteiger charge is -2.26. The molecular weight excluding hydrogens is 352 g/mol. The smallest absolute Gasteiger partial charge is 0.231 e. The number of carbonyl (C=O) groups is 1. The Bertz CT molecular complexity index is 827. The topological polar surface area (TPSA) is 50.6 Å². The maximum absolute atomic E-state index is 12.9. The number of nitrogens with zero attached hydrogens (tertiary/aromatic N) is 4.